The van der Waals surface area contributed by atoms with Crippen LogP contribution in [0.3, 0.4) is 0 Å². The van der Waals surface area contributed by atoms with E-state index in [0.29, 0.717) is 24.6 Å². The zero-order valence-electron chi connectivity index (χ0n) is 13.5. The van der Waals surface area contributed by atoms with E-state index in [9.17, 15) is 20.0 Å². The summed E-state index contributed by atoms with van der Waals surface area (Å²) in [5.74, 6) is -0.847. The molecule has 0 aliphatic heterocycles. The molecule has 0 aliphatic rings. The van der Waals surface area contributed by atoms with Crippen molar-refractivity contribution in [2.45, 2.75) is 26.7 Å². The SMILES string of the molecule is CCCN(CCC)c1nn(-c2ccc([N+](=O)[O-])cc2)nc1C(=O)O. The van der Waals surface area contributed by atoms with E-state index in [2.05, 4.69) is 10.2 Å². The molecule has 1 N–H and O–H groups in total. The highest BCUT2D eigenvalue weighted by Crippen LogP contribution is 2.20. The van der Waals surface area contributed by atoms with Crippen LogP contribution in [0.5, 0.6) is 0 Å². The summed E-state index contributed by atoms with van der Waals surface area (Å²) in [5.41, 5.74) is 0.278. The molecule has 1 aromatic carbocycles. The lowest BCUT2D eigenvalue weighted by Crippen LogP contribution is -2.27. The fourth-order valence-corrected chi connectivity index (χ4v) is 2.34. The van der Waals surface area contributed by atoms with Crippen LogP contribution in [0.4, 0.5) is 11.5 Å². The van der Waals surface area contributed by atoms with Crippen LogP contribution in [0.1, 0.15) is 37.2 Å². The van der Waals surface area contributed by atoms with E-state index in [1.54, 1.807) is 0 Å². The van der Waals surface area contributed by atoms with Gasteiger partial charge in [0.1, 0.15) is 0 Å². The first kappa shape index (κ1) is 17.4. The van der Waals surface area contributed by atoms with Crippen molar-refractivity contribution < 1.29 is 14.8 Å². The van der Waals surface area contributed by atoms with Crippen LogP contribution in [-0.2, 0) is 0 Å². The number of benzene rings is 1. The van der Waals surface area contributed by atoms with Crippen LogP contribution in [-0.4, -0.2) is 44.1 Å². The van der Waals surface area contributed by atoms with Crippen molar-refractivity contribution in [3.8, 4) is 5.69 Å². The van der Waals surface area contributed by atoms with Crippen molar-refractivity contribution >= 4 is 17.5 Å². The van der Waals surface area contributed by atoms with E-state index in [0.717, 1.165) is 12.8 Å². The summed E-state index contributed by atoms with van der Waals surface area (Å²) in [4.78, 5) is 24.8. The van der Waals surface area contributed by atoms with E-state index in [1.165, 1.54) is 29.1 Å². The molecule has 2 aromatic rings. The molecule has 2 rings (SSSR count). The third kappa shape index (κ3) is 3.67. The first-order valence-electron chi connectivity index (χ1n) is 7.68. The number of carboxylic acids is 1. The Bertz CT molecular complexity index is 720. The molecule has 9 nitrogen and oxygen atoms in total. The molecule has 0 spiro atoms. The third-order valence-electron chi connectivity index (χ3n) is 3.38. The molecule has 0 saturated carbocycles. The number of carbonyl (C=O) groups is 1. The second kappa shape index (κ2) is 7.53. The Balaban J connectivity index is 2.43. The summed E-state index contributed by atoms with van der Waals surface area (Å²) in [6.07, 6.45) is 1.70. The van der Waals surface area contributed by atoms with Crippen LogP contribution in [0.2, 0.25) is 0 Å². The molecule has 1 aromatic heterocycles. The lowest BCUT2D eigenvalue weighted by molar-refractivity contribution is -0.384. The predicted molar refractivity (Wildman–Crippen MR) is 87.8 cm³/mol. The second-order valence-corrected chi connectivity index (χ2v) is 5.23. The van der Waals surface area contributed by atoms with E-state index in [4.69, 9.17) is 0 Å². The summed E-state index contributed by atoms with van der Waals surface area (Å²) in [6.45, 7) is 5.36. The molecule has 0 bridgehead atoms. The van der Waals surface area contributed by atoms with Crippen LogP contribution in [0.25, 0.3) is 5.69 Å². The van der Waals surface area contributed by atoms with Crippen LogP contribution < -0.4 is 4.90 Å². The average Bonchev–Trinajstić information content (AvgIpc) is 3.00. The van der Waals surface area contributed by atoms with E-state index >= 15 is 0 Å². The molecular formula is C15H19N5O4. The Kier molecular flexibility index (Phi) is 5.46. The highest BCUT2D eigenvalue weighted by molar-refractivity contribution is 5.91. The van der Waals surface area contributed by atoms with Crippen LogP contribution in [0, 0.1) is 10.1 Å². The number of nitro groups is 1. The number of carboxylic acid groups (broad SMARTS) is 1. The van der Waals surface area contributed by atoms with Crippen molar-refractivity contribution in [3.63, 3.8) is 0 Å². The van der Waals surface area contributed by atoms with Crippen molar-refractivity contribution in [2.75, 3.05) is 18.0 Å². The maximum Gasteiger partial charge on any atom is 0.360 e. The molecular weight excluding hydrogens is 314 g/mol. The number of hydrogen-bond donors (Lipinski definition) is 1. The number of hydrogen-bond acceptors (Lipinski definition) is 6. The highest BCUT2D eigenvalue weighted by atomic mass is 16.6. The molecule has 0 saturated heterocycles. The van der Waals surface area contributed by atoms with Crippen molar-refractivity contribution in [1.29, 1.82) is 0 Å². The normalized spacial score (nSPS) is 10.6. The molecule has 0 fully saturated rings. The molecule has 0 atom stereocenters. The number of non-ortho nitro benzene ring substituents is 1. The van der Waals surface area contributed by atoms with Gasteiger partial charge in [-0.1, -0.05) is 13.8 Å². The Morgan fingerprint density at radius 2 is 1.79 bits per heavy atom. The number of anilines is 1. The van der Waals surface area contributed by atoms with Crippen molar-refractivity contribution in [3.05, 3.63) is 40.1 Å². The summed E-state index contributed by atoms with van der Waals surface area (Å²) in [5, 5.41) is 28.4. The van der Waals surface area contributed by atoms with Crippen molar-refractivity contribution in [1.82, 2.24) is 15.0 Å². The zero-order chi connectivity index (χ0) is 17.7. The Morgan fingerprint density at radius 3 is 2.25 bits per heavy atom. The summed E-state index contributed by atoms with van der Waals surface area (Å²) < 4.78 is 0. The number of nitrogens with zero attached hydrogens (tertiary/aromatic N) is 5. The van der Waals surface area contributed by atoms with Gasteiger partial charge in [-0.05, 0) is 25.0 Å². The van der Waals surface area contributed by atoms with Gasteiger partial charge in [-0.2, -0.15) is 0 Å². The van der Waals surface area contributed by atoms with Crippen LogP contribution >= 0.6 is 0 Å². The van der Waals surface area contributed by atoms with E-state index in [-0.39, 0.29) is 11.4 Å². The van der Waals surface area contributed by atoms with E-state index < -0.39 is 10.9 Å². The zero-order valence-corrected chi connectivity index (χ0v) is 13.5. The van der Waals surface area contributed by atoms with Gasteiger partial charge in [-0.15, -0.1) is 15.0 Å². The van der Waals surface area contributed by atoms with Crippen LogP contribution in [0.15, 0.2) is 24.3 Å². The topological polar surface area (TPSA) is 114 Å². The Hall–Kier alpha value is -2.97. The van der Waals surface area contributed by atoms with Crippen molar-refractivity contribution in [2.24, 2.45) is 0 Å². The fraction of sp³-hybridized carbons (Fsp3) is 0.400. The maximum absolute atomic E-state index is 11.5. The Morgan fingerprint density at radius 1 is 1.21 bits per heavy atom. The summed E-state index contributed by atoms with van der Waals surface area (Å²) >= 11 is 0. The molecule has 0 radical (unpaired) electrons. The molecule has 24 heavy (non-hydrogen) atoms. The van der Waals surface area contributed by atoms with Gasteiger partial charge in [0.25, 0.3) is 5.69 Å². The summed E-state index contributed by atoms with van der Waals surface area (Å²) in [6, 6.07) is 5.62. The van der Waals surface area contributed by atoms with Gasteiger partial charge in [0.2, 0.25) is 5.69 Å². The molecule has 0 aliphatic carbocycles. The minimum atomic E-state index is -1.16. The first-order valence-corrected chi connectivity index (χ1v) is 7.68. The van der Waals surface area contributed by atoms with E-state index in [1.807, 2.05) is 18.7 Å². The standard InChI is InChI=1S/C15H19N5O4/c1-3-9-18(10-4-2)14-13(15(21)22)16-19(17-14)11-5-7-12(8-6-11)20(23)24/h5-8H,3-4,9-10H2,1-2H3,(H,21,22). The highest BCUT2D eigenvalue weighted by Gasteiger charge is 2.23. The van der Waals surface area contributed by atoms with Gasteiger partial charge >= 0.3 is 5.97 Å². The number of rotatable bonds is 8. The van der Waals surface area contributed by atoms with Gasteiger partial charge in [-0.3, -0.25) is 10.1 Å². The minimum Gasteiger partial charge on any atom is -0.476 e. The minimum absolute atomic E-state index is 0.0526. The van der Waals surface area contributed by atoms with Gasteiger partial charge in [0.15, 0.2) is 5.82 Å². The third-order valence-corrected chi connectivity index (χ3v) is 3.38. The first-order chi connectivity index (χ1) is 11.5. The monoisotopic (exact) mass is 333 g/mol. The lowest BCUT2D eigenvalue weighted by atomic mass is 10.3. The quantitative estimate of drug-likeness (QED) is 0.583. The molecule has 0 amide bonds. The number of aromatic nitrogens is 3. The molecule has 128 valence electrons. The Labute approximate surface area is 138 Å². The van der Waals surface area contributed by atoms with Gasteiger partial charge in [0, 0.05) is 25.2 Å². The largest absolute Gasteiger partial charge is 0.476 e. The number of aromatic carboxylic acids is 1. The number of nitro benzene ring substituents is 1. The van der Waals surface area contributed by atoms with Gasteiger partial charge in [-0.25, -0.2) is 4.79 Å². The predicted octanol–water partition coefficient (Wildman–Crippen LogP) is 2.50. The average molecular weight is 333 g/mol. The lowest BCUT2D eigenvalue weighted by Gasteiger charge is -2.20. The van der Waals surface area contributed by atoms with Gasteiger partial charge in [0.05, 0.1) is 10.6 Å². The molecule has 1 heterocycles. The van der Waals surface area contributed by atoms with Gasteiger partial charge < -0.3 is 10.0 Å². The smallest absolute Gasteiger partial charge is 0.360 e. The molecule has 0 unspecified atom stereocenters. The second-order valence-electron chi connectivity index (χ2n) is 5.23. The maximum atomic E-state index is 11.5. The molecule has 9 heteroatoms. The summed E-state index contributed by atoms with van der Waals surface area (Å²) in [7, 11) is 0. The fourth-order valence-electron chi connectivity index (χ4n) is 2.34.